The van der Waals surface area contributed by atoms with Gasteiger partial charge in [-0.1, -0.05) is 354 Å². The van der Waals surface area contributed by atoms with Crippen molar-refractivity contribution in [2.45, 2.75) is 412 Å². The Morgan fingerprint density at radius 1 is 0.247 bits per heavy atom. The Balaban J connectivity index is 4.02. The molecule has 0 saturated carbocycles. The molecule has 6 heteroatoms. The molecular weight excluding hydrogens is 949 g/mol. The van der Waals surface area contributed by atoms with Crippen LogP contribution in [0.25, 0.3) is 0 Å². The summed E-state index contributed by atoms with van der Waals surface area (Å²) in [4.78, 5) is 38.3. The van der Waals surface area contributed by atoms with E-state index in [0.29, 0.717) is 19.3 Å². The quantitative estimate of drug-likeness (QED) is 0.0261. The van der Waals surface area contributed by atoms with Gasteiger partial charge in [0, 0.05) is 19.3 Å². The first-order valence-corrected chi connectivity index (χ1v) is 35.2. The van der Waals surface area contributed by atoms with Gasteiger partial charge in [0.25, 0.3) is 0 Å². The molecule has 0 aliphatic carbocycles. The molecule has 0 rings (SSSR count). The van der Waals surface area contributed by atoms with E-state index in [4.69, 9.17) is 14.2 Å². The van der Waals surface area contributed by atoms with E-state index >= 15 is 0 Å². The molecule has 0 aromatic heterocycles. The number of hydrogen-bond acceptors (Lipinski definition) is 6. The molecule has 0 fully saturated rings. The molecule has 456 valence electrons. The van der Waals surface area contributed by atoms with Gasteiger partial charge in [0.15, 0.2) is 6.10 Å². The van der Waals surface area contributed by atoms with Gasteiger partial charge in [-0.2, -0.15) is 0 Å². The summed E-state index contributed by atoms with van der Waals surface area (Å²) in [5, 5.41) is 0. The molecule has 0 bridgehead atoms. The average molecular weight is 1090 g/mol. The summed E-state index contributed by atoms with van der Waals surface area (Å²) in [6, 6.07) is 0. The summed E-state index contributed by atoms with van der Waals surface area (Å²) in [5.41, 5.74) is 0. The van der Waals surface area contributed by atoms with Gasteiger partial charge in [-0.05, 0) is 44.9 Å². The topological polar surface area (TPSA) is 78.9 Å². The minimum Gasteiger partial charge on any atom is -0.462 e. The van der Waals surface area contributed by atoms with Crippen molar-refractivity contribution in [1.82, 2.24) is 0 Å². The van der Waals surface area contributed by atoms with Crippen LogP contribution in [0.3, 0.4) is 0 Å². The van der Waals surface area contributed by atoms with E-state index in [1.807, 2.05) is 0 Å². The number of carbonyl (C=O) groups is 3. The fraction of sp³-hybridized carbons (Fsp3) is 0.930. The number of hydrogen-bond donors (Lipinski definition) is 0. The zero-order valence-electron chi connectivity index (χ0n) is 52.5. The molecule has 0 saturated heterocycles. The Kier molecular flexibility index (Phi) is 65.1. The van der Waals surface area contributed by atoms with Gasteiger partial charge >= 0.3 is 17.9 Å². The van der Waals surface area contributed by atoms with Crippen LogP contribution in [0.2, 0.25) is 0 Å². The Hall–Kier alpha value is -1.85. The summed E-state index contributed by atoms with van der Waals surface area (Å²) < 4.78 is 16.9. The second-order valence-corrected chi connectivity index (χ2v) is 24.2. The smallest absolute Gasteiger partial charge is 0.306 e. The second-order valence-electron chi connectivity index (χ2n) is 24.2. The fourth-order valence-corrected chi connectivity index (χ4v) is 11.0. The summed E-state index contributed by atoms with van der Waals surface area (Å²) in [6.07, 6.45) is 79.7. The minimum atomic E-state index is -0.763. The molecule has 6 nitrogen and oxygen atoms in total. The third-order valence-corrected chi connectivity index (χ3v) is 16.3. The van der Waals surface area contributed by atoms with Gasteiger partial charge in [-0.3, -0.25) is 14.4 Å². The molecular formula is C71H136O6. The number of esters is 3. The van der Waals surface area contributed by atoms with Crippen molar-refractivity contribution in [2.24, 2.45) is 0 Å². The molecule has 0 aliphatic heterocycles. The first-order valence-electron chi connectivity index (χ1n) is 35.2. The molecule has 0 spiro atoms. The standard InChI is InChI=1S/C71H136O6/c1-4-7-10-13-16-19-22-25-27-28-29-30-31-32-33-34-35-36-37-38-39-40-41-42-43-44-45-47-49-52-55-58-61-64-70(73)76-67-68(66-75-69(72)63-60-57-54-51-48-24-21-18-15-12-9-6-3)77-71(74)65-62-59-56-53-50-46-26-23-20-17-14-11-8-5-2/h28-29,68H,4-27,30-67H2,1-3H3/b29-28-. The van der Waals surface area contributed by atoms with Crippen molar-refractivity contribution in [3.63, 3.8) is 0 Å². The highest BCUT2D eigenvalue weighted by molar-refractivity contribution is 5.71. The molecule has 0 aromatic rings. The zero-order valence-corrected chi connectivity index (χ0v) is 52.5. The van der Waals surface area contributed by atoms with E-state index < -0.39 is 6.10 Å². The average Bonchev–Trinajstić information content (AvgIpc) is 3.43. The summed E-state index contributed by atoms with van der Waals surface area (Å²) in [6.45, 7) is 6.71. The van der Waals surface area contributed by atoms with Crippen LogP contribution in [0.15, 0.2) is 12.2 Å². The van der Waals surface area contributed by atoms with E-state index in [1.165, 1.54) is 308 Å². The molecule has 0 N–H and O–H groups in total. The van der Waals surface area contributed by atoms with Crippen molar-refractivity contribution in [3.8, 4) is 0 Å². The Morgan fingerprint density at radius 3 is 0.649 bits per heavy atom. The van der Waals surface area contributed by atoms with E-state index in [1.54, 1.807) is 0 Å². The van der Waals surface area contributed by atoms with E-state index in [-0.39, 0.29) is 31.1 Å². The molecule has 0 aromatic carbocycles. The Morgan fingerprint density at radius 2 is 0.429 bits per heavy atom. The first kappa shape index (κ1) is 75.2. The van der Waals surface area contributed by atoms with Crippen LogP contribution in [0.4, 0.5) is 0 Å². The van der Waals surface area contributed by atoms with Crippen LogP contribution in [0, 0.1) is 0 Å². The van der Waals surface area contributed by atoms with Crippen LogP contribution in [-0.4, -0.2) is 37.2 Å². The summed E-state index contributed by atoms with van der Waals surface area (Å²) >= 11 is 0. The Bertz CT molecular complexity index is 1200. The molecule has 0 amide bonds. The lowest BCUT2D eigenvalue weighted by Gasteiger charge is -2.18. The molecule has 0 heterocycles. The normalized spacial score (nSPS) is 12.0. The number of unbranched alkanes of at least 4 members (excludes halogenated alkanes) is 53. The second kappa shape index (κ2) is 66.7. The van der Waals surface area contributed by atoms with Gasteiger partial charge in [-0.15, -0.1) is 0 Å². The molecule has 1 unspecified atom stereocenters. The lowest BCUT2D eigenvalue weighted by molar-refractivity contribution is -0.167. The van der Waals surface area contributed by atoms with Crippen LogP contribution < -0.4 is 0 Å². The van der Waals surface area contributed by atoms with Crippen molar-refractivity contribution < 1.29 is 28.6 Å². The third kappa shape index (κ3) is 64.9. The van der Waals surface area contributed by atoms with E-state index in [0.717, 1.165) is 57.8 Å². The van der Waals surface area contributed by atoms with Crippen LogP contribution >= 0.6 is 0 Å². The van der Waals surface area contributed by atoms with Crippen LogP contribution in [-0.2, 0) is 28.6 Å². The fourth-order valence-electron chi connectivity index (χ4n) is 11.0. The minimum absolute atomic E-state index is 0.0620. The highest BCUT2D eigenvalue weighted by atomic mass is 16.6. The maximum absolute atomic E-state index is 12.9. The highest BCUT2D eigenvalue weighted by Gasteiger charge is 2.19. The van der Waals surface area contributed by atoms with Gasteiger partial charge in [0.2, 0.25) is 0 Å². The Labute approximate surface area is 481 Å². The number of ether oxygens (including phenoxy) is 3. The monoisotopic (exact) mass is 1090 g/mol. The van der Waals surface area contributed by atoms with E-state index in [9.17, 15) is 14.4 Å². The van der Waals surface area contributed by atoms with Crippen molar-refractivity contribution in [3.05, 3.63) is 12.2 Å². The number of carbonyl (C=O) groups excluding carboxylic acids is 3. The summed E-state index contributed by atoms with van der Waals surface area (Å²) in [7, 11) is 0. The maximum atomic E-state index is 12.9. The van der Waals surface area contributed by atoms with Crippen LogP contribution in [0.5, 0.6) is 0 Å². The molecule has 1 atom stereocenters. The highest BCUT2D eigenvalue weighted by Crippen LogP contribution is 2.19. The number of allylic oxidation sites excluding steroid dienone is 2. The molecule has 77 heavy (non-hydrogen) atoms. The van der Waals surface area contributed by atoms with Gasteiger partial charge < -0.3 is 14.2 Å². The predicted molar refractivity (Wildman–Crippen MR) is 335 cm³/mol. The summed E-state index contributed by atoms with van der Waals surface area (Å²) in [5.74, 6) is -0.830. The van der Waals surface area contributed by atoms with Crippen molar-refractivity contribution >= 4 is 17.9 Å². The molecule has 0 aliphatic rings. The number of rotatable bonds is 66. The predicted octanol–water partition coefficient (Wildman–Crippen LogP) is 24.0. The maximum Gasteiger partial charge on any atom is 0.306 e. The van der Waals surface area contributed by atoms with Gasteiger partial charge in [-0.25, -0.2) is 0 Å². The zero-order chi connectivity index (χ0) is 55.7. The van der Waals surface area contributed by atoms with Crippen molar-refractivity contribution in [1.29, 1.82) is 0 Å². The van der Waals surface area contributed by atoms with Crippen molar-refractivity contribution in [2.75, 3.05) is 13.2 Å². The largest absolute Gasteiger partial charge is 0.462 e. The third-order valence-electron chi connectivity index (χ3n) is 16.3. The van der Waals surface area contributed by atoms with E-state index in [2.05, 4.69) is 32.9 Å². The van der Waals surface area contributed by atoms with Crippen LogP contribution in [0.1, 0.15) is 406 Å². The molecule has 0 radical (unpaired) electrons. The lowest BCUT2D eigenvalue weighted by atomic mass is 10.0. The van der Waals surface area contributed by atoms with Gasteiger partial charge in [0.05, 0.1) is 0 Å². The van der Waals surface area contributed by atoms with Gasteiger partial charge in [0.1, 0.15) is 13.2 Å². The first-order chi connectivity index (χ1) is 38.0. The lowest BCUT2D eigenvalue weighted by Crippen LogP contribution is -2.30. The SMILES string of the molecule is CCCCCCCCCC/C=C\CCCCCCCCCCCCCCCCCCCCCCCC(=O)OCC(COC(=O)CCCCCCCCCCCCCC)OC(=O)CCCCCCCCCCCCCCCC.